The van der Waals surface area contributed by atoms with E-state index in [1.807, 2.05) is 6.92 Å². The molecule has 1 aromatic rings. The molecule has 1 saturated heterocycles. The van der Waals surface area contributed by atoms with Gasteiger partial charge < -0.3 is 25.2 Å². The predicted molar refractivity (Wildman–Crippen MR) is 74.0 cm³/mol. The van der Waals surface area contributed by atoms with E-state index in [1.54, 1.807) is 7.05 Å². The molecule has 1 aliphatic rings. The molecule has 0 aliphatic carbocycles. The van der Waals surface area contributed by atoms with Crippen molar-refractivity contribution >= 4 is 11.9 Å². The van der Waals surface area contributed by atoms with Crippen LogP contribution in [0.15, 0.2) is 0 Å². The molecule has 8 heteroatoms. The van der Waals surface area contributed by atoms with E-state index in [0.29, 0.717) is 51.1 Å². The quantitative estimate of drug-likeness (QED) is 0.683. The summed E-state index contributed by atoms with van der Waals surface area (Å²) >= 11 is 0. The van der Waals surface area contributed by atoms with E-state index in [0.717, 1.165) is 0 Å². The van der Waals surface area contributed by atoms with Gasteiger partial charge >= 0.3 is 6.01 Å². The fraction of sp³-hybridized carbons (Fsp3) is 0.750. The van der Waals surface area contributed by atoms with Crippen LogP contribution in [0.4, 0.5) is 11.9 Å². The molecule has 0 unspecified atom stereocenters. The van der Waals surface area contributed by atoms with Gasteiger partial charge in [-0.25, -0.2) is 0 Å². The first-order chi connectivity index (χ1) is 9.65. The number of anilines is 2. The number of aromatic nitrogens is 3. The van der Waals surface area contributed by atoms with E-state index < -0.39 is 5.60 Å². The summed E-state index contributed by atoms with van der Waals surface area (Å²) in [6, 6.07) is 0.258. The average molecular weight is 283 g/mol. The third-order valence-corrected chi connectivity index (χ3v) is 3.11. The summed E-state index contributed by atoms with van der Waals surface area (Å²) in [5.41, 5.74) is -0.781. The molecule has 1 fully saturated rings. The van der Waals surface area contributed by atoms with Gasteiger partial charge in [-0.2, -0.15) is 15.0 Å². The SMILES string of the molecule is CCOc1nc(NC)nc(NCC2(O)CCOCC2)n1. The zero-order valence-corrected chi connectivity index (χ0v) is 11.8. The number of hydrogen-bond donors (Lipinski definition) is 3. The van der Waals surface area contributed by atoms with E-state index >= 15 is 0 Å². The summed E-state index contributed by atoms with van der Waals surface area (Å²) in [7, 11) is 1.72. The minimum atomic E-state index is -0.781. The van der Waals surface area contributed by atoms with Crippen molar-refractivity contribution in [2.45, 2.75) is 25.4 Å². The average Bonchev–Trinajstić information content (AvgIpc) is 2.46. The summed E-state index contributed by atoms with van der Waals surface area (Å²) < 4.78 is 10.5. The van der Waals surface area contributed by atoms with Gasteiger partial charge in [-0.15, -0.1) is 0 Å². The van der Waals surface area contributed by atoms with Crippen LogP contribution in [0.3, 0.4) is 0 Å². The Hall–Kier alpha value is -1.67. The van der Waals surface area contributed by atoms with Crippen molar-refractivity contribution in [2.75, 3.05) is 44.0 Å². The van der Waals surface area contributed by atoms with Crippen LogP contribution in [0.5, 0.6) is 6.01 Å². The van der Waals surface area contributed by atoms with Crippen LogP contribution in [-0.2, 0) is 4.74 Å². The fourth-order valence-corrected chi connectivity index (χ4v) is 1.91. The molecule has 0 spiro atoms. The topological polar surface area (TPSA) is 101 Å². The Balaban J connectivity index is 2.02. The normalized spacial score (nSPS) is 17.6. The van der Waals surface area contributed by atoms with E-state index in [2.05, 4.69) is 25.6 Å². The lowest BCUT2D eigenvalue weighted by Crippen LogP contribution is -2.42. The second kappa shape index (κ2) is 6.67. The molecule has 112 valence electrons. The zero-order chi connectivity index (χ0) is 14.4. The summed E-state index contributed by atoms with van der Waals surface area (Å²) in [5.74, 6) is 0.803. The molecular weight excluding hydrogens is 262 g/mol. The second-order valence-electron chi connectivity index (χ2n) is 4.64. The smallest absolute Gasteiger partial charge is 0.323 e. The van der Waals surface area contributed by atoms with Crippen LogP contribution < -0.4 is 15.4 Å². The Morgan fingerprint density at radius 2 is 1.95 bits per heavy atom. The predicted octanol–water partition coefficient (Wildman–Crippen LogP) is 0.265. The summed E-state index contributed by atoms with van der Waals surface area (Å²) in [6.45, 7) is 3.85. The van der Waals surface area contributed by atoms with Gasteiger partial charge in [-0.3, -0.25) is 0 Å². The maximum Gasteiger partial charge on any atom is 0.323 e. The first kappa shape index (κ1) is 14.7. The monoisotopic (exact) mass is 283 g/mol. The molecule has 0 amide bonds. The maximum absolute atomic E-state index is 10.4. The van der Waals surface area contributed by atoms with Crippen molar-refractivity contribution in [3.63, 3.8) is 0 Å². The zero-order valence-electron chi connectivity index (χ0n) is 11.8. The Morgan fingerprint density at radius 3 is 2.60 bits per heavy atom. The largest absolute Gasteiger partial charge is 0.464 e. The van der Waals surface area contributed by atoms with Crippen molar-refractivity contribution in [3.8, 4) is 6.01 Å². The number of rotatable bonds is 6. The standard InChI is InChI=1S/C12H21N5O3/c1-3-20-11-16-9(13-2)15-10(17-11)14-8-12(18)4-6-19-7-5-12/h18H,3-8H2,1-2H3,(H2,13,14,15,16,17). The van der Waals surface area contributed by atoms with Crippen LogP contribution in [0.1, 0.15) is 19.8 Å². The van der Waals surface area contributed by atoms with Crippen molar-refractivity contribution in [1.29, 1.82) is 0 Å². The highest BCUT2D eigenvalue weighted by molar-refractivity contribution is 5.35. The van der Waals surface area contributed by atoms with E-state index in [-0.39, 0.29) is 6.01 Å². The number of ether oxygens (including phenoxy) is 2. The molecule has 0 radical (unpaired) electrons. The summed E-state index contributed by atoms with van der Waals surface area (Å²) in [6.07, 6.45) is 1.20. The lowest BCUT2D eigenvalue weighted by atomic mass is 9.94. The van der Waals surface area contributed by atoms with Crippen molar-refractivity contribution in [1.82, 2.24) is 15.0 Å². The summed E-state index contributed by atoms with van der Waals surface area (Å²) in [4.78, 5) is 12.4. The van der Waals surface area contributed by atoms with Gasteiger partial charge in [0.15, 0.2) is 0 Å². The van der Waals surface area contributed by atoms with Crippen LogP contribution in [0.2, 0.25) is 0 Å². The van der Waals surface area contributed by atoms with E-state index in [9.17, 15) is 5.11 Å². The van der Waals surface area contributed by atoms with Crippen LogP contribution in [0.25, 0.3) is 0 Å². The molecule has 1 aromatic heterocycles. The Bertz CT molecular complexity index is 437. The molecule has 0 saturated carbocycles. The van der Waals surface area contributed by atoms with Gasteiger partial charge in [-0.1, -0.05) is 0 Å². The molecule has 20 heavy (non-hydrogen) atoms. The Morgan fingerprint density at radius 1 is 1.25 bits per heavy atom. The van der Waals surface area contributed by atoms with Crippen molar-refractivity contribution in [3.05, 3.63) is 0 Å². The highest BCUT2D eigenvalue weighted by Gasteiger charge is 2.29. The lowest BCUT2D eigenvalue weighted by molar-refractivity contribution is -0.0544. The van der Waals surface area contributed by atoms with Gasteiger partial charge in [0.2, 0.25) is 11.9 Å². The van der Waals surface area contributed by atoms with Gasteiger partial charge in [-0.05, 0) is 6.92 Å². The van der Waals surface area contributed by atoms with Gasteiger partial charge in [0.25, 0.3) is 0 Å². The molecule has 2 rings (SSSR count). The molecule has 8 nitrogen and oxygen atoms in total. The van der Waals surface area contributed by atoms with Crippen molar-refractivity contribution in [2.24, 2.45) is 0 Å². The first-order valence-corrected chi connectivity index (χ1v) is 6.76. The molecule has 3 N–H and O–H groups in total. The van der Waals surface area contributed by atoms with E-state index in [1.165, 1.54) is 0 Å². The van der Waals surface area contributed by atoms with Gasteiger partial charge in [0, 0.05) is 39.6 Å². The highest BCUT2D eigenvalue weighted by Crippen LogP contribution is 2.21. The van der Waals surface area contributed by atoms with Gasteiger partial charge in [0.1, 0.15) is 0 Å². The second-order valence-corrected chi connectivity index (χ2v) is 4.64. The Labute approximate surface area is 117 Å². The van der Waals surface area contributed by atoms with E-state index in [4.69, 9.17) is 9.47 Å². The van der Waals surface area contributed by atoms with Crippen LogP contribution in [-0.4, -0.2) is 59.1 Å². The minimum absolute atomic E-state index is 0.258. The Kier molecular flexibility index (Phi) is 4.91. The fourth-order valence-electron chi connectivity index (χ4n) is 1.91. The summed E-state index contributed by atoms with van der Waals surface area (Å²) in [5, 5.41) is 16.3. The minimum Gasteiger partial charge on any atom is -0.464 e. The van der Waals surface area contributed by atoms with Gasteiger partial charge in [0.05, 0.1) is 12.2 Å². The van der Waals surface area contributed by atoms with Crippen molar-refractivity contribution < 1.29 is 14.6 Å². The third-order valence-electron chi connectivity index (χ3n) is 3.11. The number of nitrogens with zero attached hydrogens (tertiary/aromatic N) is 3. The van der Waals surface area contributed by atoms with Crippen LogP contribution in [0, 0.1) is 0 Å². The maximum atomic E-state index is 10.4. The lowest BCUT2D eigenvalue weighted by Gasteiger charge is -2.32. The highest BCUT2D eigenvalue weighted by atomic mass is 16.5. The number of aliphatic hydroxyl groups is 1. The molecule has 0 atom stereocenters. The van der Waals surface area contributed by atoms with Crippen LogP contribution >= 0.6 is 0 Å². The molecular formula is C12H21N5O3. The molecule has 1 aliphatic heterocycles. The molecule has 0 bridgehead atoms. The molecule has 0 aromatic carbocycles. The first-order valence-electron chi connectivity index (χ1n) is 6.76. The number of hydrogen-bond acceptors (Lipinski definition) is 8. The number of nitrogens with one attached hydrogen (secondary N) is 2. The third kappa shape index (κ3) is 3.91. The molecule has 2 heterocycles.